The monoisotopic (exact) mass is 397 g/mol. The van der Waals surface area contributed by atoms with Crippen molar-refractivity contribution in [3.05, 3.63) is 79.7 Å². The van der Waals surface area contributed by atoms with Crippen molar-refractivity contribution < 1.29 is 9.53 Å². The van der Waals surface area contributed by atoms with Crippen molar-refractivity contribution in [2.75, 3.05) is 7.11 Å². The second kappa shape index (κ2) is 7.86. The quantitative estimate of drug-likeness (QED) is 0.527. The summed E-state index contributed by atoms with van der Waals surface area (Å²) < 4.78 is 6.22. The number of benzene rings is 2. The molecule has 2 aromatic carbocycles. The number of aromatic nitrogens is 2. The van der Waals surface area contributed by atoms with Crippen LogP contribution in [-0.2, 0) is 4.74 Å². The summed E-state index contributed by atoms with van der Waals surface area (Å²) in [5, 5.41) is 3.37. The van der Waals surface area contributed by atoms with Gasteiger partial charge in [0, 0.05) is 11.9 Å². The molecule has 0 aliphatic rings. The van der Waals surface area contributed by atoms with Crippen molar-refractivity contribution in [1.82, 2.24) is 9.78 Å². The molecule has 1 heterocycles. The van der Waals surface area contributed by atoms with Gasteiger partial charge in [-0.2, -0.15) is 0 Å². The molecule has 0 bridgehead atoms. The number of ether oxygens (including phenoxy) is 1. The summed E-state index contributed by atoms with van der Waals surface area (Å²) in [6, 6.07) is 10.6. The molecular weight excluding hydrogens is 378 g/mol. The molecule has 1 aromatic heterocycles. The van der Waals surface area contributed by atoms with Crippen LogP contribution in [0.1, 0.15) is 32.7 Å². The summed E-state index contributed by atoms with van der Waals surface area (Å²) in [4.78, 5) is 29.0. The average molecular weight is 398 g/mol. The lowest BCUT2D eigenvalue weighted by molar-refractivity contribution is 0.0601. The first-order chi connectivity index (χ1) is 13.3. The van der Waals surface area contributed by atoms with Gasteiger partial charge in [0.05, 0.1) is 34.6 Å². The standard InChI is InChI=1S/C21H20ClN3O3/c1-12-5-8-19(13(2)9-12)25-20(26)17(14(3)24-25)11-23-15-6-7-18(22)16(10-15)21(27)28-4/h5-11,24H,1-4H3. The van der Waals surface area contributed by atoms with Crippen LogP contribution >= 0.6 is 11.6 Å². The van der Waals surface area contributed by atoms with Crippen LogP contribution in [0.4, 0.5) is 5.69 Å². The van der Waals surface area contributed by atoms with Crippen LogP contribution in [0.15, 0.2) is 46.2 Å². The Labute approximate surface area is 167 Å². The van der Waals surface area contributed by atoms with Crippen molar-refractivity contribution >= 4 is 29.5 Å². The van der Waals surface area contributed by atoms with E-state index in [2.05, 4.69) is 10.1 Å². The maximum absolute atomic E-state index is 12.9. The Morgan fingerprint density at radius 3 is 2.61 bits per heavy atom. The predicted octanol–water partition coefficient (Wildman–Crippen LogP) is 4.28. The van der Waals surface area contributed by atoms with E-state index in [4.69, 9.17) is 16.3 Å². The first-order valence-corrected chi connectivity index (χ1v) is 9.00. The number of aryl methyl sites for hydroxylation is 3. The minimum absolute atomic E-state index is 0.199. The Balaban J connectivity index is 1.99. The molecule has 0 saturated carbocycles. The van der Waals surface area contributed by atoms with Gasteiger partial charge in [-0.15, -0.1) is 0 Å². The fourth-order valence-corrected chi connectivity index (χ4v) is 3.13. The van der Waals surface area contributed by atoms with Gasteiger partial charge >= 0.3 is 5.97 Å². The van der Waals surface area contributed by atoms with E-state index in [1.54, 1.807) is 12.1 Å². The Kier molecular flexibility index (Phi) is 5.51. The number of hydrogen-bond donors (Lipinski definition) is 1. The highest BCUT2D eigenvalue weighted by atomic mass is 35.5. The van der Waals surface area contributed by atoms with Gasteiger partial charge in [0.25, 0.3) is 5.56 Å². The summed E-state index contributed by atoms with van der Waals surface area (Å²) in [6.07, 6.45) is 1.48. The van der Waals surface area contributed by atoms with Crippen molar-refractivity contribution in [2.24, 2.45) is 4.99 Å². The summed E-state index contributed by atoms with van der Waals surface area (Å²) in [5.41, 5.74) is 4.55. The lowest BCUT2D eigenvalue weighted by Gasteiger charge is -2.06. The molecule has 0 spiro atoms. The Bertz CT molecular complexity index is 1140. The van der Waals surface area contributed by atoms with Gasteiger partial charge in [0.1, 0.15) is 0 Å². The van der Waals surface area contributed by atoms with Crippen LogP contribution in [0.2, 0.25) is 5.02 Å². The van der Waals surface area contributed by atoms with Crippen molar-refractivity contribution in [2.45, 2.75) is 20.8 Å². The minimum atomic E-state index is -0.544. The van der Waals surface area contributed by atoms with Gasteiger partial charge in [0.2, 0.25) is 0 Å². The van der Waals surface area contributed by atoms with E-state index in [1.165, 1.54) is 24.1 Å². The molecule has 0 aliphatic heterocycles. The fourth-order valence-electron chi connectivity index (χ4n) is 2.94. The van der Waals surface area contributed by atoms with E-state index in [9.17, 15) is 9.59 Å². The largest absolute Gasteiger partial charge is 0.465 e. The zero-order valence-corrected chi connectivity index (χ0v) is 16.8. The normalized spacial score (nSPS) is 11.2. The van der Waals surface area contributed by atoms with E-state index >= 15 is 0 Å². The number of H-pyrrole nitrogens is 1. The van der Waals surface area contributed by atoms with Gasteiger partial charge in [0.15, 0.2) is 0 Å². The highest BCUT2D eigenvalue weighted by Crippen LogP contribution is 2.23. The number of aromatic amines is 1. The Hall–Kier alpha value is -3.12. The molecule has 0 unspecified atom stereocenters. The van der Waals surface area contributed by atoms with Gasteiger partial charge in [-0.3, -0.25) is 14.9 Å². The summed E-state index contributed by atoms with van der Waals surface area (Å²) in [7, 11) is 1.29. The summed E-state index contributed by atoms with van der Waals surface area (Å²) in [5.74, 6) is -0.544. The molecule has 144 valence electrons. The zero-order valence-electron chi connectivity index (χ0n) is 16.0. The van der Waals surface area contributed by atoms with Crippen LogP contribution in [0.25, 0.3) is 5.69 Å². The summed E-state index contributed by atoms with van der Waals surface area (Å²) >= 11 is 6.02. The number of esters is 1. The minimum Gasteiger partial charge on any atom is -0.465 e. The second-order valence-electron chi connectivity index (χ2n) is 6.49. The molecule has 1 N–H and O–H groups in total. The lowest BCUT2D eigenvalue weighted by Crippen LogP contribution is -2.18. The average Bonchev–Trinajstić information content (AvgIpc) is 2.94. The van der Waals surface area contributed by atoms with Crippen LogP contribution in [-0.4, -0.2) is 29.1 Å². The molecule has 0 aliphatic carbocycles. The number of nitrogens with one attached hydrogen (secondary N) is 1. The number of nitrogens with zero attached hydrogens (tertiary/aromatic N) is 2. The van der Waals surface area contributed by atoms with Crippen LogP contribution in [0, 0.1) is 20.8 Å². The SMILES string of the molecule is COC(=O)c1cc(N=Cc2c(C)[nH]n(-c3ccc(C)cc3C)c2=O)ccc1Cl. The predicted molar refractivity (Wildman–Crippen MR) is 111 cm³/mol. The van der Waals surface area contributed by atoms with Crippen molar-refractivity contribution in [1.29, 1.82) is 0 Å². The molecule has 3 rings (SSSR count). The van der Waals surface area contributed by atoms with Crippen molar-refractivity contribution in [3.8, 4) is 5.69 Å². The molecule has 0 saturated heterocycles. The topological polar surface area (TPSA) is 76.4 Å². The number of halogens is 1. The number of methoxy groups -OCH3 is 1. The van der Waals surface area contributed by atoms with Gasteiger partial charge in [-0.1, -0.05) is 29.3 Å². The van der Waals surface area contributed by atoms with Crippen LogP contribution in [0.5, 0.6) is 0 Å². The maximum Gasteiger partial charge on any atom is 0.339 e. The smallest absolute Gasteiger partial charge is 0.339 e. The van der Waals surface area contributed by atoms with Gasteiger partial charge in [-0.25, -0.2) is 9.48 Å². The molecule has 6 nitrogen and oxygen atoms in total. The van der Waals surface area contributed by atoms with Crippen LogP contribution in [0.3, 0.4) is 0 Å². The Morgan fingerprint density at radius 1 is 1.18 bits per heavy atom. The zero-order chi connectivity index (χ0) is 20.4. The number of carbonyl (C=O) groups excluding carboxylic acids is 1. The molecular formula is C21H20ClN3O3. The van der Waals surface area contributed by atoms with E-state index < -0.39 is 5.97 Å². The highest BCUT2D eigenvalue weighted by Gasteiger charge is 2.13. The first kappa shape index (κ1) is 19.6. The molecule has 7 heteroatoms. The molecule has 28 heavy (non-hydrogen) atoms. The molecule has 0 fully saturated rings. The maximum atomic E-state index is 12.9. The number of aliphatic imine (C=N–C) groups is 1. The van der Waals surface area contributed by atoms with E-state index in [-0.39, 0.29) is 16.1 Å². The fraction of sp³-hybridized carbons (Fsp3) is 0.190. The molecule has 3 aromatic rings. The van der Waals surface area contributed by atoms with E-state index in [0.717, 1.165) is 16.8 Å². The second-order valence-corrected chi connectivity index (χ2v) is 6.90. The number of hydrogen-bond acceptors (Lipinski definition) is 4. The van der Waals surface area contributed by atoms with E-state index in [1.807, 2.05) is 39.0 Å². The van der Waals surface area contributed by atoms with Gasteiger partial charge < -0.3 is 4.74 Å². The van der Waals surface area contributed by atoms with Crippen molar-refractivity contribution in [3.63, 3.8) is 0 Å². The highest BCUT2D eigenvalue weighted by molar-refractivity contribution is 6.33. The van der Waals surface area contributed by atoms with E-state index in [0.29, 0.717) is 16.9 Å². The third-order valence-electron chi connectivity index (χ3n) is 4.41. The third-order valence-corrected chi connectivity index (χ3v) is 4.74. The Morgan fingerprint density at radius 2 is 1.93 bits per heavy atom. The molecule has 0 amide bonds. The van der Waals surface area contributed by atoms with Crippen LogP contribution < -0.4 is 5.56 Å². The van der Waals surface area contributed by atoms with Gasteiger partial charge in [-0.05, 0) is 50.6 Å². The molecule has 0 radical (unpaired) electrons. The lowest BCUT2D eigenvalue weighted by atomic mass is 10.1. The third kappa shape index (κ3) is 3.77. The molecule has 0 atom stereocenters. The first-order valence-electron chi connectivity index (χ1n) is 8.63. The number of rotatable bonds is 4. The summed E-state index contributed by atoms with van der Waals surface area (Å²) in [6.45, 7) is 5.78. The number of carbonyl (C=O) groups is 1.